The highest BCUT2D eigenvalue weighted by Gasteiger charge is 2.17. The second kappa shape index (κ2) is 3.91. The van der Waals surface area contributed by atoms with Crippen LogP contribution in [0.2, 0.25) is 0 Å². The molecule has 0 aliphatic heterocycles. The van der Waals surface area contributed by atoms with Crippen LogP contribution in [0, 0.1) is 0 Å². The minimum Gasteiger partial charge on any atom is -0.371 e. The number of hydrogen-bond donors (Lipinski definition) is 2. The highest BCUT2D eigenvalue weighted by molar-refractivity contribution is 4.73. The average molecular weight is 145 g/mol. The SMILES string of the molecule is N[C@H]1CC[C@H](OCO)CC1. The Morgan fingerprint density at radius 1 is 1.30 bits per heavy atom. The summed E-state index contributed by atoms with van der Waals surface area (Å²) in [5.74, 6) is 0. The zero-order chi connectivity index (χ0) is 7.40. The zero-order valence-electron chi connectivity index (χ0n) is 6.12. The number of rotatable bonds is 2. The molecular weight excluding hydrogens is 130 g/mol. The molecule has 1 aliphatic rings. The largest absolute Gasteiger partial charge is 0.371 e. The first-order valence-corrected chi connectivity index (χ1v) is 3.81. The van der Waals surface area contributed by atoms with Crippen LogP contribution in [-0.2, 0) is 4.74 Å². The van der Waals surface area contributed by atoms with E-state index in [1.165, 1.54) is 0 Å². The fourth-order valence-electron chi connectivity index (χ4n) is 1.36. The van der Waals surface area contributed by atoms with Gasteiger partial charge < -0.3 is 15.6 Å². The third-order valence-corrected chi connectivity index (χ3v) is 2.03. The molecule has 0 heterocycles. The van der Waals surface area contributed by atoms with Gasteiger partial charge in [-0.1, -0.05) is 0 Å². The lowest BCUT2D eigenvalue weighted by molar-refractivity contribution is -0.0638. The van der Waals surface area contributed by atoms with Gasteiger partial charge in [0, 0.05) is 6.04 Å². The summed E-state index contributed by atoms with van der Waals surface area (Å²) in [6, 6.07) is 0.360. The smallest absolute Gasteiger partial charge is 0.143 e. The van der Waals surface area contributed by atoms with Crippen LogP contribution in [0.5, 0.6) is 0 Å². The van der Waals surface area contributed by atoms with Crippen LogP contribution in [0.3, 0.4) is 0 Å². The van der Waals surface area contributed by atoms with Crippen LogP contribution >= 0.6 is 0 Å². The Hall–Kier alpha value is -0.120. The van der Waals surface area contributed by atoms with Gasteiger partial charge in [-0.15, -0.1) is 0 Å². The van der Waals surface area contributed by atoms with Gasteiger partial charge in [-0.2, -0.15) is 0 Å². The minimum atomic E-state index is -0.153. The number of ether oxygens (including phenoxy) is 1. The van der Waals surface area contributed by atoms with E-state index < -0.39 is 0 Å². The van der Waals surface area contributed by atoms with Gasteiger partial charge in [-0.25, -0.2) is 0 Å². The summed E-state index contributed by atoms with van der Waals surface area (Å²) >= 11 is 0. The summed E-state index contributed by atoms with van der Waals surface area (Å²) in [7, 11) is 0. The molecule has 0 aromatic carbocycles. The van der Waals surface area contributed by atoms with Crippen molar-refractivity contribution in [3.8, 4) is 0 Å². The predicted molar refractivity (Wildman–Crippen MR) is 38.4 cm³/mol. The van der Waals surface area contributed by atoms with Crippen LogP contribution in [0.1, 0.15) is 25.7 Å². The summed E-state index contributed by atoms with van der Waals surface area (Å²) in [4.78, 5) is 0. The van der Waals surface area contributed by atoms with E-state index >= 15 is 0 Å². The van der Waals surface area contributed by atoms with Gasteiger partial charge in [0.2, 0.25) is 0 Å². The first kappa shape index (κ1) is 7.98. The van der Waals surface area contributed by atoms with E-state index in [4.69, 9.17) is 15.6 Å². The van der Waals surface area contributed by atoms with E-state index in [2.05, 4.69) is 0 Å². The molecule has 3 heteroatoms. The molecule has 60 valence electrons. The van der Waals surface area contributed by atoms with Crippen LogP contribution in [-0.4, -0.2) is 24.0 Å². The molecule has 0 bridgehead atoms. The number of aliphatic hydroxyl groups is 1. The van der Waals surface area contributed by atoms with Gasteiger partial charge >= 0.3 is 0 Å². The predicted octanol–water partition coefficient (Wildman–Crippen LogP) is 0.223. The average Bonchev–Trinajstić information content (AvgIpc) is 1.95. The Morgan fingerprint density at radius 3 is 2.40 bits per heavy atom. The third kappa shape index (κ3) is 2.25. The van der Waals surface area contributed by atoms with Crippen LogP contribution < -0.4 is 5.73 Å². The zero-order valence-corrected chi connectivity index (χ0v) is 6.12. The molecule has 0 radical (unpaired) electrons. The van der Waals surface area contributed by atoms with Gasteiger partial charge in [0.1, 0.15) is 6.79 Å². The van der Waals surface area contributed by atoms with Gasteiger partial charge in [0.05, 0.1) is 6.10 Å². The van der Waals surface area contributed by atoms with Crippen LogP contribution in [0.15, 0.2) is 0 Å². The summed E-state index contributed by atoms with van der Waals surface area (Å²) in [6.07, 6.45) is 4.32. The van der Waals surface area contributed by atoms with Crippen molar-refractivity contribution in [2.45, 2.75) is 37.8 Å². The Kier molecular flexibility index (Phi) is 3.12. The summed E-state index contributed by atoms with van der Waals surface area (Å²) in [5.41, 5.74) is 5.68. The van der Waals surface area contributed by atoms with Gasteiger partial charge in [-0.05, 0) is 25.7 Å². The van der Waals surface area contributed by atoms with Crippen molar-refractivity contribution < 1.29 is 9.84 Å². The highest BCUT2D eigenvalue weighted by Crippen LogP contribution is 2.19. The van der Waals surface area contributed by atoms with E-state index in [0.29, 0.717) is 6.04 Å². The minimum absolute atomic E-state index is 0.153. The molecule has 3 nitrogen and oxygen atoms in total. The Labute approximate surface area is 61.2 Å². The van der Waals surface area contributed by atoms with Crippen molar-refractivity contribution in [3.05, 3.63) is 0 Å². The molecule has 0 unspecified atom stereocenters. The lowest BCUT2D eigenvalue weighted by atomic mass is 9.94. The monoisotopic (exact) mass is 145 g/mol. The number of aliphatic hydroxyl groups excluding tert-OH is 1. The van der Waals surface area contributed by atoms with Crippen molar-refractivity contribution in [1.29, 1.82) is 0 Å². The van der Waals surface area contributed by atoms with E-state index in [1.807, 2.05) is 0 Å². The number of nitrogens with two attached hydrogens (primary N) is 1. The number of hydrogen-bond acceptors (Lipinski definition) is 3. The van der Waals surface area contributed by atoms with E-state index in [1.54, 1.807) is 0 Å². The Bertz CT molecular complexity index is 89.6. The normalized spacial score (nSPS) is 34.2. The maximum atomic E-state index is 8.43. The molecule has 3 N–H and O–H groups in total. The fraction of sp³-hybridized carbons (Fsp3) is 1.00. The molecule has 0 saturated heterocycles. The molecule has 10 heavy (non-hydrogen) atoms. The van der Waals surface area contributed by atoms with Crippen molar-refractivity contribution in [1.82, 2.24) is 0 Å². The topological polar surface area (TPSA) is 55.5 Å². The Balaban J connectivity index is 2.13. The first-order valence-electron chi connectivity index (χ1n) is 3.81. The molecule has 1 saturated carbocycles. The first-order chi connectivity index (χ1) is 4.83. The van der Waals surface area contributed by atoms with E-state index in [0.717, 1.165) is 25.7 Å². The van der Waals surface area contributed by atoms with Gasteiger partial charge in [0.25, 0.3) is 0 Å². The summed E-state index contributed by atoms with van der Waals surface area (Å²) in [5, 5.41) is 8.43. The van der Waals surface area contributed by atoms with Crippen molar-refractivity contribution >= 4 is 0 Å². The maximum Gasteiger partial charge on any atom is 0.143 e. The van der Waals surface area contributed by atoms with Gasteiger partial charge in [-0.3, -0.25) is 0 Å². The second-order valence-corrected chi connectivity index (χ2v) is 2.83. The molecule has 0 aromatic heterocycles. The van der Waals surface area contributed by atoms with Crippen molar-refractivity contribution in [3.63, 3.8) is 0 Å². The quantitative estimate of drug-likeness (QED) is 0.547. The third-order valence-electron chi connectivity index (χ3n) is 2.03. The highest BCUT2D eigenvalue weighted by atomic mass is 16.6. The summed E-state index contributed by atoms with van der Waals surface area (Å²) < 4.78 is 5.03. The van der Waals surface area contributed by atoms with Gasteiger partial charge in [0.15, 0.2) is 0 Å². The second-order valence-electron chi connectivity index (χ2n) is 2.83. The van der Waals surface area contributed by atoms with E-state index in [-0.39, 0.29) is 12.9 Å². The molecular formula is C7H15NO2. The lowest BCUT2D eigenvalue weighted by Crippen LogP contribution is -2.30. The molecule has 0 aromatic rings. The van der Waals surface area contributed by atoms with E-state index in [9.17, 15) is 0 Å². The molecule has 1 aliphatic carbocycles. The fourth-order valence-corrected chi connectivity index (χ4v) is 1.36. The van der Waals surface area contributed by atoms with Crippen LogP contribution in [0.4, 0.5) is 0 Å². The van der Waals surface area contributed by atoms with Crippen molar-refractivity contribution in [2.75, 3.05) is 6.79 Å². The molecule has 0 spiro atoms. The molecule has 0 atom stereocenters. The Morgan fingerprint density at radius 2 is 1.90 bits per heavy atom. The summed E-state index contributed by atoms with van der Waals surface area (Å²) in [6.45, 7) is -0.153. The lowest BCUT2D eigenvalue weighted by Gasteiger charge is -2.25. The molecule has 1 fully saturated rings. The maximum absolute atomic E-state index is 8.43. The van der Waals surface area contributed by atoms with Crippen molar-refractivity contribution in [2.24, 2.45) is 5.73 Å². The standard InChI is InChI=1S/C7H15NO2/c8-6-1-3-7(4-2-6)10-5-9/h6-7,9H,1-5,8H2/t6-,7-. The molecule has 0 amide bonds. The van der Waals surface area contributed by atoms with Crippen LogP contribution in [0.25, 0.3) is 0 Å². The molecule has 1 rings (SSSR count).